The van der Waals surface area contributed by atoms with Crippen LogP contribution in [-0.2, 0) is 6.54 Å². The molecular formula is C15H18N4. The number of allylic oxidation sites excluding steroid dienone is 2. The van der Waals surface area contributed by atoms with Crippen molar-refractivity contribution in [3.05, 3.63) is 42.4 Å². The Kier molecular flexibility index (Phi) is 2.62. The summed E-state index contributed by atoms with van der Waals surface area (Å²) in [4.78, 5) is 0. The summed E-state index contributed by atoms with van der Waals surface area (Å²) >= 11 is 0. The first kappa shape index (κ1) is 11.2. The van der Waals surface area contributed by atoms with Crippen LogP contribution in [0.2, 0.25) is 0 Å². The summed E-state index contributed by atoms with van der Waals surface area (Å²) in [7, 11) is 0. The maximum absolute atomic E-state index is 4.24. The van der Waals surface area contributed by atoms with Gasteiger partial charge in [0, 0.05) is 6.20 Å². The predicted molar refractivity (Wildman–Crippen MR) is 73.5 cm³/mol. The Bertz CT molecular complexity index is 615. The first-order chi connectivity index (χ1) is 9.40. The second kappa shape index (κ2) is 4.46. The standard InChI is InChI=1S/C15H18N4/c1-2-6-19-14(3-1)17-18-15(19)10-16-9-13-8-11-4-5-12(13)7-11/h1-6,11-13,16H,7-10H2. The molecule has 0 saturated heterocycles. The van der Waals surface area contributed by atoms with Gasteiger partial charge in [-0.2, -0.15) is 0 Å². The van der Waals surface area contributed by atoms with Crippen molar-refractivity contribution in [2.24, 2.45) is 17.8 Å². The molecule has 2 aromatic heterocycles. The van der Waals surface area contributed by atoms with E-state index in [1.54, 1.807) is 0 Å². The van der Waals surface area contributed by atoms with Crippen LogP contribution in [0.15, 0.2) is 36.5 Å². The Hall–Kier alpha value is -1.68. The zero-order valence-corrected chi connectivity index (χ0v) is 10.9. The fraction of sp³-hybridized carbons (Fsp3) is 0.467. The van der Waals surface area contributed by atoms with Crippen LogP contribution in [0.25, 0.3) is 5.65 Å². The normalized spacial score (nSPS) is 28.5. The highest BCUT2D eigenvalue weighted by Crippen LogP contribution is 2.42. The van der Waals surface area contributed by atoms with Gasteiger partial charge in [-0.05, 0) is 49.3 Å². The molecular weight excluding hydrogens is 236 g/mol. The number of hydrogen-bond donors (Lipinski definition) is 1. The van der Waals surface area contributed by atoms with Gasteiger partial charge in [-0.3, -0.25) is 4.40 Å². The van der Waals surface area contributed by atoms with Gasteiger partial charge in [-0.15, -0.1) is 10.2 Å². The van der Waals surface area contributed by atoms with Gasteiger partial charge in [-0.1, -0.05) is 18.2 Å². The maximum Gasteiger partial charge on any atom is 0.160 e. The van der Waals surface area contributed by atoms with E-state index >= 15 is 0 Å². The Morgan fingerprint density at radius 1 is 1.21 bits per heavy atom. The van der Waals surface area contributed by atoms with Gasteiger partial charge in [0.1, 0.15) is 0 Å². The first-order valence-corrected chi connectivity index (χ1v) is 7.08. The molecule has 0 aromatic carbocycles. The largest absolute Gasteiger partial charge is 0.310 e. The molecule has 0 radical (unpaired) electrons. The highest BCUT2D eigenvalue weighted by Gasteiger charge is 2.34. The molecule has 2 bridgehead atoms. The summed E-state index contributed by atoms with van der Waals surface area (Å²) in [5, 5.41) is 12.0. The SMILES string of the molecule is C1=CC2CC1CC2CNCc1nnc2ccccn12. The summed E-state index contributed by atoms with van der Waals surface area (Å²) < 4.78 is 2.05. The second-order valence-corrected chi connectivity index (χ2v) is 5.72. The minimum atomic E-state index is 0.794. The van der Waals surface area contributed by atoms with E-state index in [1.165, 1.54) is 12.8 Å². The van der Waals surface area contributed by atoms with Gasteiger partial charge in [0.15, 0.2) is 11.5 Å². The van der Waals surface area contributed by atoms with E-state index in [4.69, 9.17) is 0 Å². The molecule has 1 saturated carbocycles. The molecule has 0 amide bonds. The zero-order valence-electron chi connectivity index (χ0n) is 10.9. The van der Waals surface area contributed by atoms with Crippen molar-refractivity contribution in [1.29, 1.82) is 0 Å². The molecule has 2 aliphatic carbocycles. The molecule has 4 nitrogen and oxygen atoms in total. The van der Waals surface area contributed by atoms with Gasteiger partial charge in [-0.25, -0.2) is 0 Å². The third-order valence-corrected chi connectivity index (χ3v) is 4.49. The molecule has 0 spiro atoms. The third kappa shape index (κ3) is 1.96. The number of hydrogen-bond acceptors (Lipinski definition) is 3. The monoisotopic (exact) mass is 254 g/mol. The summed E-state index contributed by atoms with van der Waals surface area (Å²) in [5.74, 6) is 3.47. The highest BCUT2D eigenvalue weighted by atomic mass is 15.3. The van der Waals surface area contributed by atoms with Gasteiger partial charge >= 0.3 is 0 Å². The molecule has 98 valence electrons. The van der Waals surface area contributed by atoms with E-state index in [-0.39, 0.29) is 0 Å². The van der Waals surface area contributed by atoms with Crippen LogP contribution >= 0.6 is 0 Å². The van der Waals surface area contributed by atoms with Crippen molar-refractivity contribution in [1.82, 2.24) is 19.9 Å². The lowest BCUT2D eigenvalue weighted by Gasteiger charge is -2.18. The quantitative estimate of drug-likeness (QED) is 0.849. The van der Waals surface area contributed by atoms with E-state index in [2.05, 4.69) is 27.7 Å². The topological polar surface area (TPSA) is 42.2 Å². The molecule has 2 heterocycles. The minimum absolute atomic E-state index is 0.794. The minimum Gasteiger partial charge on any atom is -0.310 e. The fourth-order valence-corrected chi connectivity index (χ4v) is 3.51. The number of nitrogens with zero attached hydrogens (tertiary/aromatic N) is 3. The van der Waals surface area contributed by atoms with E-state index in [0.29, 0.717) is 0 Å². The average Bonchev–Trinajstić information content (AvgIpc) is 3.14. The molecule has 1 fully saturated rings. The maximum atomic E-state index is 4.24. The smallest absolute Gasteiger partial charge is 0.160 e. The van der Waals surface area contributed by atoms with Crippen molar-refractivity contribution in [3.63, 3.8) is 0 Å². The van der Waals surface area contributed by atoms with Crippen LogP contribution in [0, 0.1) is 17.8 Å². The van der Waals surface area contributed by atoms with Crippen LogP contribution in [0.1, 0.15) is 18.7 Å². The van der Waals surface area contributed by atoms with Crippen molar-refractivity contribution in [2.75, 3.05) is 6.54 Å². The number of pyridine rings is 1. The van der Waals surface area contributed by atoms with Crippen LogP contribution < -0.4 is 5.32 Å². The van der Waals surface area contributed by atoms with Crippen LogP contribution in [0.3, 0.4) is 0 Å². The zero-order chi connectivity index (χ0) is 12.7. The van der Waals surface area contributed by atoms with Crippen molar-refractivity contribution in [3.8, 4) is 0 Å². The Morgan fingerprint density at radius 2 is 2.21 bits per heavy atom. The number of fused-ring (bicyclic) bond motifs is 3. The molecule has 2 aromatic rings. The molecule has 0 aliphatic heterocycles. The number of rotatable bonds is 4. The summed E-state index contributed by atoms with van der Waals surface area (Å²) in [6.45, 7) is 1.88. The van der Waals surface area contributed by atoms with Gasteiger partial charge in [0.05, 0.1) is 6.54 Å². The molecule has 3 atom stereocenters. The van der Waals surface area contributed by atoms with Crippen molar-refractivity contribution in [2.45, 2.75) is 19.4 Å². The average molecular weight is 254 g/mol. The van der Waals surface area contributed by atoms with Crippen LogP contribution in [-0.4, -0.2) is 21.1 Å². The van der Waals surface area contributed by atoms with Crippen molar-refractivity contribution >= 4 is 5.65 Å². The number of nitrogens with one attached hydrogen (secondary N) is 1. The first-order valence-electron chi connectivity index (χ1n) is 7.08. The summed E-state index contributed by atoms with van der Waals surface area (Å²) in [6, 6.07) is 5.99. The molecule has 1 N–H and O–H groups in total. The lowest BCUT2D eigenvalue weighted by Crippen LogP contribution is -2.25. The van der Waals surface area contributed by atoms with Gasteiger partial charge in [0.25, 0.3) is 0 Å². The molecule has 2 aliphatic rings. The number of aromatic nitrogens is 3. The summed E-state index contributed by atoms with van der Waals surface area (Å²) in [6.07, 6.45) is 9.56. The molecule has 4 heteroatoms. The lowest BCUT2D eigenvalue weighted by molar-refractivity contribution is 0.411. The Balaban J connectivity index is 1.39. The van der Waals surface area contributed by atoms with Gasteiger partial charge in [0.2, 0.25) is 0 Å². The fourth-order valence-electron chi connectivity index (χ4n) is 3.51. The summed E-state index contributed by atoms with van der Waals surface area (Å²) in [5.41, 5.74) is 0.919. The molecule has 3 unspecified atom stereocenters. The van der Waals surface area contributed by atoms with Gasteiger partial charge < -0.3 is 5.32 Å². The van der Waals surface area contributed by atoms with Crippen LogP contribution in [0.4, 0.5) is 0 Å². The third-order valence-electron chi connectivity index (χ3n) is 4.49. The Morgan fingerprint density at radius 3 is 3.05 bits per heavy atom. The lowest BCUT2D eigenvalue weighted by atomic mass is 9.94. The van der Waals surface area contributed by atoms with E-state index in [1.807, 2.05) is 28.8 Å². The van der Waals surface area contributed by atoms with E-state index in [9.17, 15) is 0 Å². The van der Waals surface area contributed by atoms with Crippen LogP contribution in [0.5, 0.6) is 0 Å². The van der Waals surface area contributed by atoms with E-state index < -0.39 is 0 Å². The molecule has 19 heavy (non-hydrogen) atoms. The van der Waals surface area contributed by atoms with E-state index in [0.717, 1.165) is 42.3 Å². The molecule has 4 rings (SSSR count). The highest BCUT2D eigenvalue weighted by molar-refractivity contribution is 5.36. The Labute approximate surface area is 112 Å². The van der Waals surface area contributed by atoms with Crippen molar-refractivity contribution < 1.29 is 0 Å². The predicted octanol–water partition coefficient (Wildman–Crippen LogP) is 2.03. The second-order valence-electron chi connectivity index (χ2n) is 5.72.